The Labute approximate surface area is 118 Å². The molecule has 1 atom stereocenters. The molecule has 1 aliphatic heterocycles. The third kappa shape index (κ3) is 3.21. The Hall–Kier alpha value is -0.670. The summed E-state index contributed by atoms with van der Waals surface area (Å²) >= 11 is 7.78. The van der Waals surface area contributed by atoms with Gasteiger partial charge in [-0.3, -0.25) is 4.79 Å². The molecule has 2 rings (SSSR count). The number of alkyl halides is 1. The Morgan fingerprint density at radius 1 is 1.56 bits per heavy atom. The van der Waals surface area contributed by atoms with Gasteiger partial charge in [-0.15, -0.1) is 11.6 Å². The van der Waals surface area contributed by atoms with Crippen LogP contribution in [0.1, 0.15) is 29.3 Å². The van der Waals surface area contributed by atoms with Crippen LogP contribution in [0.25, 0.3) is 0 Å². The van der Waals surface area contributed by atoms with E-state index in [0.717, 1.165) is 36.4 Å². The van der Waals surface area contributed by atoms with E-state index in [0.29, 0.717) is 11.1 Å². The van der Waals surface area contributed by atoms with E-state index in [1.165, 1.54) is 0 Å². The molecule has 0 bridgehead atoms. The van der Waals surface area contributed by atoms with Gasteiger partial charge in [0.25, 0.3) is 5.91 Å². The third-order valence-corrected chi connectivity index (χ3v) is 4.89. The molecule has 0 spiro atoms. The summed E-state index contributed by atoms with van der Waals surface area (Å²) in [4.78, 5) is 14.4. The van der Waals surface area contributed by atoms with Crippen LogP contribution in [-0.4, -0.2) is 34.9 Å². The van der Waals surface area contributed by atoms with Crippen LogP contribution < -0.4 is 0 Å². The Morgan fingerprint density at radius 3 is 3.11 bits per heavy atom. The fourth-order valence-corrected chi connectivity index (χ4v) is 3.47. The number of carbonyl (C=O) groups is 1. The minimum Gasteiger partial charge on any atom is -0.337 e. The van der Waals surface area contributed by atoms with Crippen LogP contribution in [0.5, 0.6) is 0 Å². The predicted octanol–water partition coefficient (Wildman–Crippen LogP) is 3.39. The largest absolute Gasteiger partial charge is 0.337 e. The van der Waals surface area contributed by atoms with Gasteiger partial charge in [0.05, 0.1) is 0 Å². The fraction of sp³-hybridized carbons (Fsp3) is 0.500. The van der Waals surface area contributed by atoms with E-state index in [-0.39, 0.29) is 5.91 Å². The Morgan fingerprint density at radius 2 is 2.39 bits per heavy atom. The van der Waals surface area contributed by atoms with E-state index >= 15 is 0 Å². The van der Waals surface area contributed by atoms with Gasteiger partial charge in [0, 0.05) is 35.5 Å². The molecule has 0 aromatic heterocycles. The minimum atomic E-state index is 0.140. The molecule has 0 aliphatic carbocycles. The highest BCUT2D eigenvalue weighted by atomic mass is 35.5. The maximum absolute atomic E-state index is 12.4. The second kappa shape index (κ2) is 6.48. The summed E-state index contributed by atoms with van der Waals surface area (Å²) in [6, 6.07) is 7.63. The van der Waals surface area contributed by atoms with Gasteiger partial charge in [-0.1, -0.05) is 19.1 Å². The highest BCUT2D eigenvalue weighted by Crippen LogP contribution is 2.22. The van der Waals surface area contributed by atoms with Crippen molar-refractivity contribution in [2.75, 3.05) is 18.8 Å². The van der Waals surface area contributed by atoms with Gasteiger partial charge >= 0.3 is 0 Å². The molecular weight excluding hydrogens is 266 g/mol. The van der Waals surface area contributed by atoms with Crippen molar-refractivity contribution in [3.05, 3.63) is 35.4 Å². The van der Waals surface area contributed by atoms with Gasteiger partial charge in [-0.25, -0.2) is 0 Å². The number of carbonyl (C=O) groups excluding carboxylic acids is 1. The quantitative estimate of drug-likeness (QED) is 0.793. The standard InChI is InChI=1S/C14H18ClNOS/c1-2-13-10-16(6-7-18-13)14(17)12-5-3-4-11(8-12)9-15/h3-5,8,13H,2,6-7,9-10H2,1H3. The van der Waals surface area contributed by atoms with Gasteiger partial charge < -0.3 is 4.90 Å². The number of amides is 1. The van der Waals surface area contributed by atoms with E-state index in [1.807, 2.05) is 40.9 Å². The van der Waals surface area contributed by atoms with Crippen molar-refractivity contribution < 1.29 is 4.79 Å². The Balaban J connectivity index is 2.10. The second-order valence-electron chi connectivity index (χ2n) is 4.49. The average molecular weight is 284 g/mol. The zero-order valence-corrected chi connectivity index (χ0v) is 12.1. The molecule has 1 aromatic rings. The monoisotopic (exact) mass is 283 g/mol. The number of thioether (sulfide) groups is 1. The number of nitrogens with zero attached hydrogens (tertiary/aromatic N) is 1. The summed E-state index contributed by atoms with van der Waals surface area (Å²) in [5.74, 6) is 1.63. The van der Waals surface area contributed by atoms with Gasteiger partial charge in [0.15, 0.2) is 0 Å². The average Bonchev–Trinajstić information content (AvgIpc) is 2.46. The molecule has 1 amide bonds. The molecule has 18 heavy (non-hydrogen) atoms. The Bertz CT molecular complexity index is 424. The molecule has 1 fully saturated rings. The summed E-state index contributed by atoms with van der Waals surface area (Å²) in [6.45, 7) is 3.90. The molecule has 4 heteroatoms. The summed E-state index contributed by atoms with van der Waals surface area (Å²) in [7, 11) is 0. The summed E-state index contributed by atoms with van der Waals surface area (Å²) in [6.07, 6.45) is 1.12. The summed E-state index contributed by atoms with van der Waals surface area (Å²) in [5.41, 5.74) is 1.76. The smallest absolute Gasteiger partial charge is 0.253 e. The normalized spacial score (nSPS) is 19.9. The molecule has 1 unspecified atom stereocenters. The maximum atomic E-state index is 12.4. The summed E-state index contributed by atoms with van der Waals surface area (Å²) < 4.78 is 0. The van der Waals surface area contributed by atoms with Crippen molar-refractivity contribution in [2.24, 2.45) is 0 Å². The zero-order chi connectivity index (χ0) is 13.0. The first-order chi connectivity index (χ1) is 8.74. The van der Waals surface area contributed by atoms with Gasteiger partial charge in [0.1, 0.15) is 0 Å². The topological polar surface area (TPSA) is 20.3 Å². The lowest BCUT2D eigenvalue weighted by Crippen LogP contribution is -2.41. The number of hydrogen-bond acceptors (Lipinski definition) is 2. The van der Waals surface area contributed by atoms with Gasteiger partial charge in [0.2, 0.25) is 0 Å². The van der Waals surface area contributed by atoms with Crippen LogP contribution in [0.2, 0.25) is 0 Å². The SMILES string of the molecule is CCC1CN(C(=O)c2cccc(CCl)c2)CCS1. The Kier molecular flexibility index (Phi) is 4.95. The van der Waals surface area contributed by atoms with Crippen LogP contribution >= 0.6 is 23.4 Å². The maximum Gasteiger partial charge on any atom is 0.253 e. The first-order valence-corrected chi connectivity index (χ1v) is 7.88. The van der Waals surface area contributed by atoms with Crippen molar-refractivity contribution in [3.8, 4) is 0 Å². The molecule has 1 aromatic carbocycles. The first kappa shape index (κ1) is 13.8. The van der Waals surface area contributed by atoms with Crippen molar-refractivity contribution in [2.45, 2.75) is 24.5 Å². The lowest BCUT2D eigenvalue weighted by Gasteiger charge is -2.32. The number of benzene rings is 1. The van der Waals surface area contributed by atoms with Crippen molar-refractivity contribution in [1.29, 1.82) is 0 Å². The molecule has 0 N–H and O–H groups in total. The predicted molar refractivity (Wildman–Crippen MR) is 78.4 cm³/mol. The summed E-state index contributed by atoms with van der Waals surface area (Å²) in [5, 5.41) is 0.582. The second-order valence-corrected chi connectivity index (χ2v) is 6.16. The van der Waals surface area contributed by atoms with Crippen LogP contribution in [0.4, 0.5) is 0 Å². The molecule has 1 aliphatic rings. The highest BCUT2D eigenvalue weighted by molar-refractivity contribution is 8.00. The van der Waals surface area contributed by atoms with Crippen molar-refractivity contribution in [1.82, 2.24) is 4.90 Å². The zero-order valence-electron chi connectivity index (χ0n) is 10.6. The van der Waals surface area contributed by atoms with E-state index in [1.54, 1.807) is 0 Å². The minimum absolute atomic E-state index is 0.140. The fourth-order valence-electron chi connectivity index (χ4n) is 2.12. The molecule has 0 radical (unpaired) electrons. The lowest BCUT2D eigenvalue weighted by molar-refractivity contribution is 0.0761. The van der Waals surface area contributed by atoms with Gasteiger partial charge in [-0.05, 0) is 24.1 Å². The van der Waals surface area contributed by atoms with E-state index in [4.69, 9.17) is 11.6 Å². The van der Waals surface area contributed by atoms with Crippen LogP contribution in [0.3, 0.4) is 0 Å². The third-order valence-electron chi connectivity index (χ3n) is 3.21. The van der Waals surface area contributed by atoms with Crippen LogP contribution in [0.15, 0.2) is 24.3 Å². The molecule has 2 nitrogen and oxygen atoms in total. The number of rotatable bonds is 3. The lowest BCUT2D eigenvalue weighted by atomic mass is 10.1. The molecular formula is C14H18ClNOS. The van der Waals surface area contributed by atoms with Crippen molar-refractivity contribution in [3.63, 3.8) is 0 Å². The van der Waals surface area contributed by atoms with Crippen molar-refractivity contribution >= 4 is 29.3 Å². The van der Waals surface area contributed by atoms with E-state index in [2.05, 4.69) is 6.92 Å². The van der Waals surface area contributed by atoms with Crippen LogP contribution in [-0.2, 0) is 5.88 Å². The molecule has 1 saturated heterocycles. The van der Waals surface area contributed by atoms with Gasteiger partial charge in [-0.2, -0.15) is 11.8 Å². The van der Waals surface area contributed by atoms with E-state index < -0.39 is 0 Å². The number of hydrogen-bond donors (Lipinski definition) is 0. The highest BCUT2D eigenvalue weighted by Gasteiger charge is 2.23. The van der Waals surface area contributed by atoms with Crippen LogP contribution in [0, 0.1) is 0 Å². The number of halogens is 1. The molecule has 0 saturated carbocycles. The first-order valence-electron chi connectivity index (χ1n) is 6.30. The van der Waals surface area contributed by atoms with E-state index in [9.17, 15) is 4.79 Å². The molecule has 98 valence electrons. The molecule has 1 heterocycles.